The monoisotopic (exact) mass is 265 g/mol. The summed E-state index contributed by atoms with van der Waals surface area (Å²) >= 11 is 0. The van der Waals surface area contributed by atoms with Crippen molar-refractivity contribution in [3.63, 3.8) is 0 Å². The molecule has 0 aliphatic carbocycles. The number of rotatable bonds is 1. The summed E-state index contributed by atoms with van der Waals surface area (Å²) < 4.78 is 41.3. The van der Waals surface area contributed by atoms with Crippen molar-refractivity contribution < 1.29 is 17.2 Å². The predicted molar refractivity (Wildman–Crippen MR) is 54.5 cm³/mol. The summed E-state index contributed by atoms with van der Waals surface area (Å²) in [5.41, 5.74) is -0.263. The van der Waals surface area contributed by atoms with Crippen molar-refractivity contribution in [2.45, 2.75) is 4.90 Å². The minimum absolute atomic E-state index is 0.159. The van der Waals surface area contributed by atoms with Crippen molar-refractivity contribution in [1.29, 1.82) is 0 Å². The molecule has 2 aromatic rings. The van der Waals surface area contributed by atoms with E-state index >= 15 is 0 Å². The van der Waals surface area contributed by atoms with Gasteiger partial charge in [0.05, 0.1) is 5.52 Å². The number of benzene rings is 1. The SMILES string of the molecule is Cn1c(=O)oc2c(F)c(S(=O)(=O)Cl)ccc21. The van der Waals surface area contributed by atoms with Gasteiger partial charge >= 0.3 is 5.76 Å². The maximum absolute atomic E-state index is 13.6. The first kappa shape index (κ1) is 11.2. The lowest BCUT2D eigenvalue weighted by Crippen LogP contribution is -2.08. The Kier molecular flexibility index (Phi) is 2.32. The molecule has 86 valence electrons. The Balaban J connectivity index is 2.97. The first-order chi connectivity index (χ1) is 7.32. The number of hydrogen-bond donors (Lipinski definition) is 0. The van der Waals surface area contributed by atoms with E-state index < -0.39 is 31.1 Å². The molecule has 0 saturated heterocycles. The van der Waals surface area contributed by atoms with Gasteiger partial charge in [-0.3, -0.25) is 4.57 Å². The standard InChI is InChI=1S/C8H5ClFNO4S/c1-11-4-2-3-5(16(9,13)14)6(10)7(4)15-8(11)12/h2-3H,1H3. The van der Waals surface area contributed by atoms with Crippen LogP contribution in [0.5, 0.6) is 0 Å². The molecule has 5 nitrogen and oxygen atoms in total. The minimum Gasteiger partial charge on any atom is -0.404 e. The fourth-order valence-corrected chi connectivity index (χ4v) is 2.23. The van der Waals surface area contributed by atoms with Gasteiger partial charge in [0.2, 0.25) is 0 Å². The van der Waals surface area contributed by atoms with E-state index in [0.29, 0.717) is 0 Å². The molecule has 2 rings (SSSR count). The fraction of sp³-hybridized carbons (Fsp3) is 0.125. The van der Waals surface area contributed by atoms with Gasteiger partial charge in [0, 0.05) is 17.7 Å². The lowest BCUT2D eigenvalue weighted by atomic mass is 10.3. The molecule has 0 radical (unpaired) electrons. The quantitative estimate of drug-likeness (QED) is 0.727. The molecule has 0 bridgehead atoms. The number of fused-ring (bicyclic) bond motifs is 1. The molecule has 0 spiro atoms. The van der Waals surface area contributed by atoms with E-state index in [1.165, 1.54) is 13.1 Å². The summed E-state index contributed by atoms with van der Waals surface area (Å²) in [4.78, 5) is 10.4. The normalized spacial score (nSPS) is 12.2. The van der Waals surface area contributed by atoms with Gasteiger partial charge < -0.3 is 4.42 Å². The van der Waals surface area contributed by atoms with Crippen LogP contribution in [0.25, 0.3) is 11.1 Å². The van der Waals surface area contributed by atoms with Crippen LogP contribution in [0, 0.1) is 5.82 Å². The van der Waals surface area contributed by atoms with E-state index in [-0.39, 0.29) is 5.52 Å². The second kappa shape index (κ2) is 3.33. The second-order valence-electron chi connectivity index (χ2n) is 3.09. The molecule has 0 atom stereocenters. The zero-order valence-electron chi connectivity index (χ0n) is 7.90. The van der Waals surface area contributed by atoms with E-state index in [9.17, 15) is 17.6 Å². The highest BCUT2D eigenvalue weighted by Crippen LogP contribution is 2.25. The van der Waals surface area contributed by atoms with Crippen LogP contribution in [-0.4, -0.2) is 13.0 Å². The molecule has 0 aliphatic heterocycles. The summed E-state index contributed by atoms with van der Waals surface area (Å²) in [6.07, 6.45) is 0. The minimum atomic E-state index is -4.20. The molecule has 0 unspecified atom stereocenters. The topological polar surface area (TPSA) is 69.3 Å². The molecule has 16 heavy (non-hydrogen) atoms. The zero-order chi connectivity index (χ0) is 12.1. The Hall–Kier alpha value is -1.34. The Bertz CT molecular complexity index is 730. The van der Waals surface area contributed by atoms with Gasteiger partial charge in [-0.1, -0.05) is 0 Å². The fourth-order valence-electron chi connectivity index (χ4n) is 1.33. The van der Waals surface area contributed by atoms with Gasteiger partial charge in [-0.2, -0.15) is 0 Å². The largest absolute Gasteiger partial charge is 0.419 e. The van der Waals surface area contributed by atoms with E-state index in [0.717, 1.165) is 10.6 Å². The number of oxazole rings is 1. The number of aryl methyl sites for hydroxylation is 1. The van der Waals surface area contributed by atoms with Crippen LogP contribution < -0.4 is 5.76 Å². The van der Waals surface area contributed by atoms with Gasteiger partial charge in [0.1, 0.15) is 4.90 Å². The number of halogens is 2. The third-order valence-corrected chi connectivity index (χ3v) is 3.47. The summed E-state index contributed by atoms with van der Waals surface area (Å²) in [7, 11) is 2.19. The molecule has 8 heteroatoms. The average Bonchev–Trinajstić information content (AvgIpc) is 2.44. The molecule has 0 N–H and O–H groups in total. The molecular formula is C8H5ClFNO4S. The molecule has 0 amide bonds. The Morgan fingerprint density at radius 1 is 1.44 bits per heavy atom. The van der Waals surface area contributed by atoms with Crippen LogP contribution in [0.4, 0.5) is 4.39 Å². The summed E-state index contributed by atoms with van der Waals surface area (Å²) in [5, 5.41) is 0. The molecule has 1 aromatic carbocycles. The van der Waals surface area contributed by atoms with Gasteiger partial charge in [0.25, 0.3) is 9.05 Å². The van der Waals surface area contributed by atoms with Crippen LogP contribution in [0.2, 0.25) is 0 Å². The maximum atomic E-state index is 13.6. The maximum Gasteiger partial charge on any atom is 0.419 e. The number of nitrogens with zero attached hydrogens (tertiary/aromatic N) is 1. The summed E-state index contributed by atoms with van der Waals surface area (Å²) in [6, 6.07) is 2.23. The molecule has 1 aromatic heterocycles. The van der Waals surface area contributed by atoms with Crippen LogP contribution >= 0.6 is 10.7 Å². The Labute approximate surface area is 93.5 Å². The van der Waals surface area contributed by atoms with Gasteiger partial charge in [-0.15, -0.1) is 0 Å². The van der Waals surface area contributed by atoms with Crippen molar-refractivity contribution >= 4 is 30.8 Å². The van der Waals surface area contributed by atoms with Crippen LogP contribution in [0.1, 0.15) is 0 Å². The van der Waals surface area contributed by atoms with Crippen molar-refractivity contribution in [3.8, 4) is 0 Å². The van der Waals surface area contributed by atoms with Gasteiger partial charge in [-0.25, -0.2) is 17.6 Å². The Morgan fingerprint density at radius 3 is 2.62 bits per heavy atom. The Morgan fingerprint density at radius 2 is 2.06 bits per heavy atom. The lowest BCUT2D eigenvalue weighted by molar-refractivity contribution is 0.497. The molecule has 0 fully saturated rings. The van der Waals surface area contributed by atoms with Gasteiger partial charge in [-0.05, 0) is 12.1 Å². The van der Waals surface area contributed by atoms with Crippen molar-refractivity contribution in [1.82, 2.24) is 4.57 Å². The van der Waals surface area contributed by atoms with Crippen molar-refractivity contribution in [2.75, 3.05) is 0 Å². The predicted octanol–water partition coefficient (Wildman–Crippen LogP) is 1.20. The highest BCUT2D eigenvalue weighted by molar-refractivity contribution is 8.13. The lowest BCUT2D eigenvalue weighted by Gasteiger charge is -1.98. The van der Waals surface area contributed by atoms with Crippen molar-refractivity contribution in [3.05, 3.63) is 28.5 Å². The van der Waals surface area contributed by atoms with E-state index in [2.05, 4.69) is 4.42 Å². The first-order valence-corrected chi connectivity index (χ1v) is 6.36. The van der Waals surface area contributed by atoms with Crippen molar-refractivity contribution in [2.24, 2.45) is 7.05 Å². The molecular weight excluding hydrogens is 261 g/mol. The average molecular weight is 266 g/mol. The highest BCUT2D eigenvalue weighted by Gasteiger charge is 2.21. The number of aromatic nitrogens is 1. The third kappa shape index (κ3) is 1.52. The smallest absolute Gasteiger partial charge is 0.404 e. The van der Waals surface area contributed by atoms with E-state index in [1.807, 2.05) is 0 Å². The second-order valence-corrected chi connectivity index (χ2v) is 5.63. The first-order valence-electron chi connectivity index (χ1n) is 4.05. The summed E-state index contributed by atoms with van der Waals surface area (Å²) in [6.45, 7) is 0. The van der Waals surface area contributed by atoms with Crippen LogP contribution in [-0.2, 0) is 16.1 Å². The highest BCUT2D eigenvalue weighted by atomic mass is 35.7. The number of hydrogen-bond acceptors (Lipinski definition) is 4. The van der Waals surface area contributed by atoms with E-state index in [4.69, 9.17) is 10.7 Å². The molecule has 1 heterocycles. The molecule has 0 aliphatic rings. The zero-order valence-corrected chi connectivity index (χ0v) is 9.47. The van der Waals surface area contributed by atoms with E-state index in [1.54, 1.807) is 0 Å². The van der Waals surface area contributed by atoms with Crippen LogP contribution in [0.15, 0.2) is 26.2 Å². The summed E-state index contributed by atoms with van der Waals surface area (Å²) in [5.74, 6) is -1.94. The third-order valence-electron chi connectivity index (χ3n) is 2.13. The van der Waals surface area contributed by atoms with Crippen LogP contribution in [0.3, 0.4) is 0 Å². The van der Waals surface area contributed by atoms with Gasteiger partial charge in [0.15, 0.2) is 11.4 Å². The molecule has 0 saturated carbocycles.